The Morgan fingerprint density at radius 2 is 2.12 bits per heavy atom. The molecule has 2 rings (SSSR count). The van der Waals surface area contributed by atoms with Gasteiger partial charge in [0.1, 0.15) is 5.76 Å². The van der Waals surface area contributed by atoms with Crippen LogP contribution in [0.1, 0.15) is 23.8 Å². The minimum atomic E-state index is -3.72. The topological polar surface area (TPSA) is 98.5 Å². The largest absolute Gasteiger partial charge is 0.456 e. The van der Waals surface area contributed by atoms with Gasteiger partial charge >= 0.3 is 5.97 Å². The van der Waals surface area contributed by atoms with E-state index in [0.29, 0.717) is 16.7 Å². The Balaban J connectivity index is 1.79. The molecule has 2 aromatic rings. The summed E-state index contributed by atoms with van der Waals surface area (Å²) >= 11 is 5.77. The molecule has 130 valence electrons. The maximum absolute atomic E-state index is 12.0. The number of sulfonamides is 1. The number of hydrogen-bond donors (Lipinski definition) is 1. The van der Waals surface area contributed by atoms with Gasteiger partial charge in [0.15, 0.2) is 6.61 Å². The Labute approximate surface area is 145 Å². The van der Waals surface area contributed by atoms with Crippen LogP contribution in [0.2, 0.25) is 5.02 Å². The predicted molar refractivity (Wildman–Crippen MR) is 87.0 cm³/mol. The summed E-state index contributed by atoms with van der Waals surface area (Å²) in [5, 5.41) is 0.314. The summed E-state index contributed by atoms with van der Waals surface area (Å²) in [5.74, 6) is 0.408. The Morgan fingerprint density at radius 1 is 1.38 bits per heavy atom. The van der Waals surface area contributed by atoms with Crippen molar-refractivity contribution in [1.29, 1.82) is 0 Å². The van der Waals surface area contributed by atoms with E-state index in [1.165, 1.54) is 18.2 Å². The fraction of sp³-hybridized carbons (Fsp3) is 0.333. The molecular weight excluding hydrogens is 356 g/mol. The maximum Gasteiger partial charge on any atom is 0.307 e. The second-order valence-electron chi connectivity index (χ2n) is 5.02. The molecule has 0 saturated carbocycles. The van der Waals surface area contributed by atoms with E-state index in [2.05, 4.69) is 9.71 Å². The number of carbonyl (C=O) groups excluding carboxylic acids is 1. The normalized spacial score (nSPS) is 11.5. The van der Waals surface area contributed by atoms with Crippen molar-refractivity contribution in [3.63, 3.8) is 0 Å². The third-order valence-electron chi connectivity index (χ3n) is 3.16. The first-order chi connectivity index (χ1) is 11.3. The summed E-state index contributed by atoms with van der Waals surface area (Å²) < 4.78 is 36.7. The average Bonchev–Trinajstić information content (AvgIpc) is 2.84. The van der Waals surface area contributed by atoms with Gasteiger partial charge in [-0.15, -0.1) is 0 Å². The molecule has 0 saturated heterocycles. The third kappa shape index (κ3) is 5.05. The van der Waals surface area contributed by atoms with E-state index in [1.54, 1.807) is 19.9 Å². The molecule has 0 radical (unpaired) electrons. The number of nitrogens with zero attached hydrogens (tertiary/aromatic N) is 1. The number of carbonyl (C=O) groups is 1. The molecule has 0 fully saturated rings. The third-order valence-corrected chi connectivity index (χ3v) is 4.85. The van der Waals surface area contributed by atoms with Crippen molar-refractivity contribution in [3.8, 4) is 0 Å². The fourth-order valence-corrected chi connectivity index (χ4v) is 3.15. The predicted octanol–water partition coefficient (Wildman–Crippen LogP) is 2.36. The number of aryl methyl sites for hydroxylation is 2. The van der Waals surface area contributed by atoms with Crippen LogP contribution in [-0.2, 0) is 26.2 Å². The molecule has 0 spiro atoms. The molecule has 24 heavy (non-hydrogen) atoms. The minimum absolute atomic E-state index is 0.0362. The van der Waals surface area contributed by atoms with Gasteiger partial charge in [-0.25, -0.2) is 18.1 Å². The quantitative estimate of drug-likeness (QED) is 0.749. The Bertz CT molecular complexity index is 813. The molecule has 0 unspecified atom stereocenters. The van der Waals surface area contributed by atoms with Crippen LogP contribution < -0.4 is 4.72 Å². The standard InChI is InChI=1S/C15H17ClN2O5S/c1-10-11(2)23-14(18-10)9-22-15(19)6-7-17-24(20,21)13-5-3-4-12(16)8-13/h3-5,8,17H,6-7,9H2,1-2H3. The summed E-state index contributed by atoms with van der Waals surface area (Å²) in [7, 11) is -3.72. The zero-order chi connectivity index (χ0) is 17.7. The van der Waals surface area contributed by atoms with Crippen molar-refractivity contribution in [2.45, 2.75) is 31.8 Å². The number of oxazole rings is 1. The summed E-state index contributed by atoms with van der Waals surface area (Å²) in [4.78, 5) is 15.8. The second kappa shape index (κ2) is 7.78. The maximum atomic E-state index is 12.0. The molecular formula is C15H17ClN2O5S. The molecule has 0 aliphatic rings. The highest BCUT2D eigenvalue weighted by molar-refractivity contribution is 7.89. The van der Waals surface area contributed by atoms with Crippen LogP contribution in [0.4, 0.5) is 0 Å². The number of rotatable bonds is 7. The van der Waals surface area contributed by atoms with Gasteiger partial charge in [0.25, 0.3) is 0 Å². The second-order valence-corrected chi connectivity index (χ2v) is 7.22. The molecule has 0 atom stereocenters. The molecule has 0 aliphatic heterocycles. The summed E-state index contributed by atoms with van der Waals surface area (Å²) in [5.41, 5.74) is 0.732. The fourth-order valence-electron chi connectivity index (χ4n) is 1.82. The number of esters is 1. The zero-order valence-corrected chi connectivity index (χ0v) is 14.8. The van der Waals surface area contributed by atoms with Gasteiger partial charge in [-0.2, -0.15) is 0 Å². The summed E-state index contributed by atoms with van der Waals surface area (Å²) in [6, 6.07) is 5.85. The van der Waals surface area contributed by atoms with Crippen LogP contribution in [0.5, 0.6) is 0 Å². The highest BCUT2D eigenvalue weighted by atomic mass is 35.5. The summed E-state index contributed by atoms with van der Waals surface area (Å²) in [6.45, 7) is 3.37. The van der Waals surface area contributed by atoms with E-state index < -0.39 is 16.0 Å². The molecule has 0 amide bonds. The molecule has 7 nitrogen and oxygen atoms in total. The van der Waals surface area contributed by atoms with Crippen molar-refractivity contribution < 1.29 is 22.4 Å². The van der Waals surface area contributed by atoms with E-state index >= 15 is 0 Å². The van der Waals surface area contributed by atoms with Crippen LogP contribution in [0, 0.1) is 13.8 Å². The van der Waals surface area contributed by atoms with E-state index in [1.807, 2.05) is 0 Å². The lowest BCUT2D eigenvalue weighted by atomic mass is 10.4. The number of hydrogen-bond acceptors (Lipinski definition) is 6. The molecule has 1 aromatic carbocycles. The Morgan fingerprint density at radius 3 is 2.75 bits per heavy atom. The number of halogens is 1. The van der Waals surface area contributed by atoms with Gasteiger partial charge < -0.3 is 9.15 Å². The first-order valence-corrected chi connectivity index (χ1v) is 8.98. The van der Waals surface area contributed by atoms with Gasteiger partial charge in [-0.3, -0.25) is 4.79 Å². The molecule has 0 bridgehead atoms. The van der Waals surface area contributed by atoms with Gasteiger partial charge in [0.05, 0.1) is 17.0 Å². The van der Waals surface area contributed by atoms with E-state index in [-0.39, 0.29) is 24.5 Å². The SMILES string of the molecule is Cc1nc(COC(=O)CCNS(=O)(=O)c2cccc(Cl)c2)oc1C. The lowest BCUT2D eigenvalue weighted by molar-refractivity contribution is -0.145. The van der Waals surface area contributed by atoms with E-state index in [4.69, 9.17) is 20.8 Å². The lowest BCUT2D eigenvalue weighted by Crippen LogP contribution is -2.26. The molecule has 0 aliphatic carbocycles. The van der Waals surface area contributed by atoms with Crippen LogP contribution >= 0.6 is 11.6 Å². The van der Waals surface area contributed by atoms with Crippen molar-refractivity contribution in [3.05, 3.63) is 46.6 Å². The van der Waals surface area contributed by atoms with Gasteiger partial charge in [-0.1, -0.05) is 17.7 Å². The van der Waals surface area contributed by atoms with Gasteiger partial charge in [-0.05, 0) is 32.0 Å². The van der Waals surface area contributed by atoms with Crippen molar-refractivity contribution in [2.24, 2.45) is 0 Å². The number of ether oxygens (including phenoxy) is 1. The van der Waals surface area contributed by atoms with Crippen molar-refractivity contribution in [2.75, 3.05) is 6.54 Å². The minimum Gasteiger partial charge on any atom is -0.456 e. The smallest absolute Gasteiger partial charge is 0.307 e. The highest BCUT2D eigenvalue weighted by Gasteiger charge is 2.15. The number of nitrogens with one attached hydrogen (secondary N) is 1. The molecule has 1 aromatic heterocycles. The Hall–Kier alpha value is -1.90. The van der Waals surface area contributed by atoms with Gasteiger partial charge in [0.2, 0.25) is 15.9 Å². The monoisotopic (exact) mass is 372 g/mol. The number of benzene rings is 1. The first-order valence-electron chi connectivity index (χ1n) is 7.11. The van der Waals surface area contributed by atoms with Crippen molar-refractivity contribution >= 4 is 27.6 Å². The van der Waals surface area contributed by atoms with E-state index in [9.17, 15) is 13.2 Å². The van der Waals surface area contributed by atoms with E-state index in [0.717, 1.165) is 5.69 Å². The average molecular weight is 373 g/mol. The van der Waals surface area contributed by atoms with Crippen LogP contribution in [0.3, 0.4) is 0 Å². The van der Waals surface area contributed by atoms with Crippen LogP contribution in [0.25, 0.3) is 0 Å². The number of aromatic nitrogens is 1. The molecule has 9 heteroatoms. The lowest BCUT2D eigenvalue weighted by Gasteiger charge is -2.07. The van der Waals surface area contributed by atoms with Crippen molar-refractivity contribution in [1.82, 2.24) is 9.71 Å². The summed E-state index contributed by atoms with van der Waals surface area (Å²) in [6.07, 6.45) is -0.113. The molecule has 1 heterocycles. The highest BCUT2D eigenvalue weighted by Crippen LogP contribution is 2.15. The zero-order valence-electron chi connectivity index (χ0n) is 13.2. The van der Waals surface area contributed by atoms with Crippen LogP contribution in [0.15, 0.2) is 33.6 Å². The van der Waals surface area contributed by atoms with Crippen LogP contribution in [-0.4, -0.2) is 25.9 Å². The first kappa shape index (κ1) is 18.4. The molecule has 1 N–H and O–H groups in total. The Kier molecular flexibility index (Phi) is 5.98. The van der Waals surface area contributed by atoms with Gasteiger partial charge in [0, 0.05) is 11.6 Å².